The summed E-state index contributed by atoms with van der Waals surface area (Å²) in [5, 5.41) is 23.3. The molecule has 0 atom stereocenters. The number of halogens is 6. The normalized spacial score (nSPS) is 11.8. The highest BCUT2D eigenvalue weighted by molar-refractivity contribution is 6.11. The molecule has 0 heterocycles. The molecule has 0 saturated carbocycles. The Morgan fingerprint density at radius 2 is 1.02 bits per heavy atom. The van der Waals surface area contributed by atoms with Crippen molar-refractivity contribution in [1.29, 1.82) is 0 Å². The SMILES string of the molecule is CNC(=O)c1cc(C(c2ccc(C(=O)O)c(C(=O)Nc3ccc(Oc4ccc(C)cc4)cc3)c2)(C(F)(F)F)C(F)(F)F)ccc1C(=O)O. The Morgan fingerprint density at radius 1 is 0.604 bits per heavy atom. The molecule has 0 fully saturated rings. The summed E-state index contributed by atoms with van der Waals surface area (Å²) in [4.78, 5) is 49.2. The maximum atomic E-state index is 14.9. The lowest BCUT2D eigenvalue weighted by molar-refractivity contribution is -0.288. The van der Waals surface area contributed by atoms with E-state index in [2.05, 4.69) is 5.32 Å². The third kappa shape index (κ3) is 6.65. The Hall–Kier alpha value is -5.86. The van der Waals surface area contributed by atoms with E-state index in [0.29, 0.717) is 23.6 Å². The van der Waals surface area contributed by atoms with E-state index in [1.165, 1.54) is 24.3 Å². The summed E-state index contributed by atoms with van der Waals surface area (Å²) in [5.41, 5.74) is -11.1. The average Bonchev–Trinajstić information content (AvgIpc) is 3.01. The molecule has 0 saturated heterocycles. The van der Waals surface area contributed by atoms with E-state index >= 15 is 0 Å². The van der Waals surface area contributed by atoms with Crippen LogP contribution in [0.4, 0.5) is 32.0 Å². The van der Waals surface area contributed by atoms with Crippen molar-refractivity contribution in [3.05, 3.63) is 124 Å². The molecule has 15 heteroatoms. The molecule has 4 N–H and O–H groups in total. The Bertz CT molecular complexity index is 1870. The van der Waals surface area contributed by atoms with Crippen LogP contribution in [-0.2, 0) is 5.41 Å². The van der Waals surface area contributed by atoms with Crippen LogP contribution in [-0.4, -0.2) is 53.4 Å². The summed E-state index contributed by atoms with van der Waals surface area (Å²) in [6.07, 6.45) is -12.4. The molecule has 48 heavy (non-hydrogen) atoms. The summed E-state index contributed by atoms with van der Waals surface area (Å²) in [6, 6.07) is 14.1. The second kappa shape index (κ2) is 13.1. The molecule has 0 aliphatic carbocycles. The molecule has 0 aliphatic rings. The van der Waals surface area contributed by atoms with Crippen LogP contribution in [0.5, 0.6) is 11.5 Å². The number of carboxylic acid groups (broad SMARTS) is 2. The lowest BCUT2D eigenvalue weighted by atomic mass is 9.71. The van der Waals surface area contributed by atoms with Gasteiger partial charge in [0.15, 0.2) is 0 Å². The fourth-order valence-electron chi connectivity index (χ4n) is 4.97. The van der Waals surface area contributed by atoms with Crippen LogP contribution in [0.15, 0.2) is 84.9 Å². The predicted molar refractivity (Wildman–Crippen MR) is 159 cm³/mol. The van der Waals surface area contributed by atoms with Crippen molar-refractivity contribution in [2.75, 3.05) is 12.4 Å². The number of aromatic carboxylic acids is 2. The van der Waals surface area contributed by atoms with Gasteiger partial charge in [0, 0.05) is 12.7 Å². The average molecular weight is 675 g/mol. The Balaban J connectivity index is 1.84. The third-order valence-corrected chi connectivity index (χ3v) is 7.30. The number of carbonyl (C=O) groups is 4. The molecule has 0 bridgehead atoms. The lowest BCUT2D eigenvalue weighted by Gasteiger charge is -2.38. The number of carbonyl (C=O) groups excluding carboxylic acids is 2. The third-order valence-electron chi connectivity index (χ3n) is 7.30. The number of ether oxygens (including phenoxy) is 1. The summed E-state index contributed by atoms with van der Waals surface area (Å²) < 4.78 is 95.1. The fourth-order valence-corrected chi connectivity index (χ4v) is 4.97. The Labute approximate surface area is 267 Å². The molecule has 4 rings (SSSR count). The number of hydrogen-bond donors (Lipinski definition) is 4. The van der Waals surface area contributed by atoms with Crippen LogP contribution in [0.1, 0.15) is 58.1 Å². The van der Waals surface area contributed by atoms with Gasteiger partial charge in [0.05, 0.1) is 22.3 Å². The van der Waals surface area contributed by atoms with Gasteiger partial charge in [0.25, 0.3) is 11.8 Å². The zero-order valence-corrected chi connectivity index (χ0v) is 24.8. The summed E-state index contributed by atoms with van der Waals surface area (Å²) in [7, 11) is 0.988. The van der Waals surface area contributed by atoms with Gasteiger partial charge in [0.2, 0.25) is 5.41 Å². The molecule has 2 amide bonds. The summed E-state index contributed by atoms with van der Waals surface area (Å²) in [5.74, 6) is -5.47. The van der Waals surface area contributed by atoms with E-state index in [0.717, 1.165) is 12.6 Å². The van der Waals surface area contributed by atoms with Gasteiger partial charge in [-0.3, -0.25) is 9.59 Å². The molecule has 4 aromatic carbocycles. The minimum absolute atomic E-state index is 0.00427. The van der Waals surface area contributed by atoms with Gasteiger partial charge in [-0.2, -0.15) is 26.3 Å². The molecule has 0 unspecified atom stereocenters. The van der Waals surface area contributed by atoms with Crippen molar-refractivity contribution in [3.8, 4) is 11.5 Å². The predicted octanol–water partition coefficient (Wildman–Crippen LogP) is 7.21. The second-order valence-corrected chi connectivity index (χ2v) is 10.3. The van der Waals surface area contributed by atoms with Crippen molar-refractivity contribution in [1.82, 2.24) is 5.32 Å². The van der Waals surface area contributed by atoms with E-state index in [1.54, 1.807) is 24.3 Å². The zero-order valence-electron chi connectivity index (χ0n) is 24.8. The van der Waals surface area contributed by atoms with Crippen molar-refractivity contribution < 1.29 is 60.5 Å². The topological polar surface area (TPSA) is 142 Å². The molecular formula is C33H24F6N2O7. The van der Waals surface area contributed by atoms with Gasteiger partial charge >= 0.3 is 24.3 Å². The summed E-state index contributed by atoms with van der Waals surface area (Å²) >= 11 is 0. The fraction of sp³-hybridized carbons (Fsp3) is 0.152. The number of rotatable bonds is 9. The van der Waals surface area contributed by atoms with Gasteiger partial charge in [-0.05, 0) is 78.7 Å². The van der Waals surface area contributed by atoms with Crippen LogP contribution < -0.4 is 15.4 Å². The standard InChI is InChI=1S/C33H24F6N2O7/c1-17-3-9-21(10-4-17)48-22-11-7-20(8-12-22)41-28(43)26-16-19(6-14-24(26)30(46)47)31(32(34,35)36,33(37,38)39)18-5-13-23(29(44)45)25(15-18)27(42)40-2/h3-16H,1-2H3,(H,40,42)(H,41,43)(H,44,45)(H,46,47). The van der Waals surface area contributed by atoms with Crippen LogP contribution in [0, 0.1) is 6.92 Å². The molecule has 0 radical (unpaired) electrons. The first kappa shape index (κ1) is 35.0. The van der Waals surface area contributed by atoms with Gasteiger partial charge < -0.3 is 25.6 Å². The highest BCUT2D eigenvalue weighted by Gasteiger charge is 2.72. The number of aryl methyl sites for hydroxylation is 1. The zero-order chi connectivity index (χ0) is 35.6. The van der Waals surface area contributed by atoms with E-state index in [9.17, 15) is 55.7 Å². The van der Waals surface area contributed by atoms with E-state index in [1.807, 2.05) is 12.2 Å². The van der Waals surface area contributed by atoms with Crippen molar-refractivity contribution in [2.24, 2.45) is 0 Å². The van der Waals surface area contributed by atoms with Crippen LogP contribution in [0.3, 0.4) is 0 Å². The molecule has 9 nitrogen and oxygen atoms in total. The number of alkyl halides is 6. The largest absolute Gasteiger partial charge is 0.478 e. The molecular weight excluding hydrogens is 650 g/mol. The number of carboxylic acids is 2. The number of amides is 2. The number of nitrogens with one attached hydrogen (secondary N) is 2. The highest BCUT2D eigenvalue weighted by Crippen LogP contribution is 2.56. The number of hydrogen-bond acceptors (Lipinski definition) is 5. The minimum atomic E-state index is -6.22. The van der Waals surface area contributed by atoms with Gasteiger partial charge in [0.1, 0.15) is 11.5 Å². The summed E-state index contributed by atoms with van der Waals surface area (Å²) in [6.45, 7) is 1.88. The van der Waals surface area contributed by atoms with E-state index in [4.69, 9.17) is 4.74 Å². The molecule has 4 aromatic rings. The Kier molecular flexibility index (Phi) is 9.55. The first-order valence-corrected chi connectivity index (χ1v) is 13.7. The van der Waals surface area contributed by atoms with Gasteiger partial charge in [-0.1, -0.05) is 29.8 Å². The Morgan fingerprint density at radius 3 is 1.42 bits per heavy atom. The smallest absolute Gasteiger partial charge is 0.411 e. The highest BCUT2D eigenvalue weighted by atomic mass is 19.4. The van der Waals surface area contributed by atoms with E-state index < -0.39 is 74.9 Å². The molecule has 0 aromatic heterocycles. The maximum Gasteiger partial charge on any atom is 0.411 e. The van der Waals surface area contributed by atoms with Crippen molar-refractivity contribution in [3.63, 3.8) is 0 Å². The second-order valence-electron chi connectivity index (χ2n) is 10.3. The van der Waals surface area contributed by atoms with Gasteiger partial charge in [-0.25, -0.2) is 9.59 Å². The minimum Gasteiger partial charge on any atom is -0.478 e. The van der Waals surface area contributed by atoms with Crippen LogP contribution in [0.25, 0.3) is 0 Å². The van der Waals surface area contributed by atoms with Crippen molar-refractivity contribution >= 4 is 29.4 Å². The molecule has 250 valence electrons. The molecule has 0 aliphatic heterocycles. The number of benzene rings is 4. The first-order valence-electron chi connectivity index (χ1n) is 13.7. The monoisotopic (exact) mass is 674 g/mol. The maximum absolute atomic E-state index is 14.9. The first-order chi connectivity index (χ1) is 22.4. The van der Waals surface area contributed by atoms with Crippen molar-refractivity contribution in [2.45, 2.75) is 24.7 Å². The lowest BCUT2D eigenvalue weighted by Crippen LogP contribution is -2.55. The molecule has 0 spiro atoms. The van der Waals surface area contributed by atoms with Crippen LogP contribution in [0.2, 0.25) is 0 Å². The van der Waals surface area contributed by atoms with Crippen LogP contribution >= 0.6 is 0 Å². The number of anilines is 1. The van der Waals surface area contributed by atoms with E-state index in [-0.39, 0.29) is 30.0 Å². The van der Waals surface area contributed by atoms with Gasteiger partial charge in [-0.15, -0.1) is 0 Å². The quantitative estimate of drug-likeness (QED) is 0.138.